The number of aromatic nitrogens is 1. The Kier molecular flexibility index (Phi) is 7.82. The first-order valence-electron chi connectivity index (χ1n) is 9.61. The normalized spacial score (nSPS) is 14.9. The molecule has 0 bridgehead atoms. The third kappa shape index (κ3) is 6.29. The van der Waals surface area contributed by atoms with Crippen molar-refractivity contribution in [2.45, 2.75) is 20.1 Å². The molecule has 3 rings (SSSR count). The van der Waals surface area contributed by atoms with Crippen molar-refractivity contribution in [1.82, 2.24) is 20.1 Å². The molecule has 7 heteroatoms. The Hall–Kier alpha value is -1.96. The second-order valence-electron chi connectivity index (χ2n) is 6.89. The SMILES string of the molecule is CC(=O)N1CCN(CCNCc2cc(Br)ccc2OCc2ccccn2)CC1. The van der Waals surface area contributed by atoms with Crippen LogP contribution in [-0.4, -0.2) is 60.0 Å². The maximum absolute atomic E-state index is 11.4. The highest BCUT2D eigenvalue weighted by molar-refractivity contribution is 9.10. The summed E-state index contributed by atoms with van der Waals surface area (Å²) in [6.07, 6.45) is 1.78. The molecular formula is C21H27BrN4O2. The molecule has 150 valence electrons. The molecule has 28 heavy (non-hydrogen) atoms. The fourth-order valence-corrected chi connectivity index (χ4v) is 3.62. The summed E-state index contributed by atoms with van der Waals surface area (Å²) in [5.41, 5.74) is 2.03. The second kappa shape index (κ2) is 10.5. The molecule has 1 aliphatic rings. The third-order valence-corrected chi connectivity index (χ3v) is 5.36. The molecular weight excluding hydrogens is 420 g/mol. The van der Waals surface area contributed by atoms with Crippen molar-refractivity contribution in [3.8, 4) is 5.75 Å². The van der Waals surface area contributed by atoms with Crippen LogP contribution in [0.25, 0.3) is 0 Å². The fourth-order valence-electron chi connectivity index (χ4n) is 3.21. The van der Waals surface area contributed by atoms with Gasteiger partial charge in [0.1, 0.15) is 12.4 Å². The summed E-state index contributed by atoms with van der Waals surface area (Å²) in [4.78, 5) is 20.0. The van der Waals surface area contributed by atoms with E-state index in [0.717, 1.165) is 67.3 Å². The van der Waals surface area contributed by atoms with E-state index in [1.165, 1.54) is 0 Å². The standard InChI is InChI=1S/C21H27BrN4O2/c1-17(27)26-12-10-25(11-13-26)9-8-23-15-18-14-19(22)5-6-21(18)28-16-20-4-2-3-7-24-20/h2-7,14,23H,8-13,15-16H2,1H3. The van der Waals surface area contributed by atoms with Crippen molar-refractivity contribution in [1.29, 1.82) is 0 Å². The van der Waals surface area contributed by atoms with Crippen molar-refractivity contribution in [3.63, 3.8) is 0 Å². The number of piperazine rings is 1. The number of carbonyl (C=O) groups is 1. The average Bonchev–Trinajstić information content (AvgIpc) is 2.71. The van der Waals surface area contributed by atoms with Crippen molar-refractivity contribution < 1.29 is 9.53 Å². The number of nitrogens with zero attached hydrogens (tertiary/aromatic N) is 3. The molecule has 2 aromatic rings. The number of amides is 1. The summed E-state index contributed by atoms with van der Waals surface area (Å²) in [5, 5.41) is 3.51. The number of rotatable bonds is 8. The van der Waals surface area contributed by atoms with E-state index >= 15 is 0 Å². The van der Waals surface area contributed by atoms with Crippen LogP contribution in [0.1, 0.15) is 18.2 Å². The Labute approximate surface area is 175 Å². The average molecular weight is 447 g/mol. The predicted molar refractivity (Wildman–Crippen MR) is 113 cm³/mol. The Balaban J connectivity index is 1.45. The minimum absolute atomic E-state index is 0.172. The molecule has 1 fully saturated rings. The van der Waals surface area contributed by atoms with Crippen LogP contribution in [0, 0.1) is 0 Å². The van der Waals surface area contributed by atoms with Gasteiger partial charge in [-0.25, -0.2) is 0 Å². The summed E-state index contributed by atoms with van der Waals surface area (Å²) in [7, 11) is 0. The van der Waals surface area contributed by atoms with Crippen LogP contribution >= 0.6 is 15.9 Å². The molecule has 0 atom stereocenters. The lowest BCUT2D eigenvalue weighted by Gasteiger charge is -2.34. The largest absolute Gasteiger partial charge is 0.487 e. The van der Waals surface area contributed by atoms with Gasteiger partial charge in [-0.2, -0.15) is 0 Å². The van der Waals surface area contributed by atoms with Crippen molar-refractivity contribution in [2.24, 2.45) is 0 Å². The van der Waals surface area contributed by atoms with E-state index in [4.69, 9.17) is 4.74 Å². The molecule has 1 aromatic carbocycles. The van der Waals surface area contributed by atoms with Crippen LogP contribution in [0.5, 0.6) is 5.75 Å². The van der Waals surface area contributed by atoms with Gasteiger partial charge < -0.3 is 15.0 Å². The highest BCUT2D eigenvalue weighted by Gasteiger charge is 2.17. The quantitative estimate of drug-likeness (QED) is 0.631. The Morgan fingerprint density at radius 3 is 2.75 bits per heavy atom. The first kappa shape index (κ1) is 20.8. The smallest absolute Gasteiger partial charge is 0.219 e. The number of carbonyl (C=O) groups excluding carboxylic acids is 1. The molecule has 0 aliphatic carbocycles. The van der Waals surface area contributed by atoms with Gasteiger partial charge in [-0.15, -0.1) is 0 Å². The van der Waals surface area contributed by atoms with E-state index in [1.54, 1.807) is 13.1 Å². The van der Waals surface area contributed by atoms with E-state index < -0.39 is 0 Å². The monoisotopic (exact) mass is 446 g/mol. The number of hydrogen-bond donors (Lipinski definition) is 1. The Bertz CT molecular complexity index is 764. The van der Waals surface area contributed by atoms with Gasteiger partial charge >= 0.3 is 0 Å². The van der Waals surface area contributed by atoms with Crippen molar-refractivity contribution in [2.75, 3.05) is 39.3 Å². The van der Waals surface area contributed by atoms with Gasteiger partial charge in [0.15, 0.2) is 0 Å². The minimum atomic E-state index is 0.172. The molecule has 6 nitrogen and oxygen atoms in total. The van der Waals surface area contributed by atoms with E-state index in [1.807, 2.05) is 35.2 Å². The van der Waals surface area contributed by atoms with Crippen LogP contribution < -0.4 is 10.1 Å². The van der Waals surface area contributed by atoms with Crippen LogP contribution in [0.4, 0.5) is 0 Å². The first-order chi connectivity index (χ1) is 13.6. The minimum Gasteiger partial charge on any atom is -0.487 e. The molecule has 0 radical (unpaired) electrons. The van der Waals surface area contributed by atoms with Crippen LogP contribution in [0.15, 0.2) is 47.1 Å². The zero-order valence-electron chi connectivity index (χ0n) is 16.2. The summed E-state index contributed by atoms with van der Waals surface area (Å²) < 4.78 is 7.03. The zero-order chi connectivity index (χ0) is 19.8. The van der Waals surface area contributed by atoms with Crippen LogP contribution in [-0.2, 0) is 17.9 Å². The van der Waals surface area contributed by atoms with E-state index in [-0.39, 0.29) is 5.91 Å². The highest BCUT2D eigenvalue weighted by Crippen LogP contribution is 2.24. The molecule has 1 aliphatic heterocycles. The maximum atomic E-state index is 11.4. The molecule has 1 N–H and O–H groups in total. The van der Waals surface area contributed by atoms with Crippen molar-refractivity contribution in [3.05, 3.63) is 58.3 Å². The summed E-state index contributed by atoms with van der Waals surface area (Å²) in [6.45, 7) is 8.24. The number of hydrogen-bond acceptors (Lipinski definition) is 5. The number of nitrogens with one attached hydrogen (secondary N) is 1. The van der Waals surface area contributed by atoms with E-state index in [0.29, 0.717) is 6.61 Å². The lowest BCUT2D eigenvalue weighted by molar-refractivity contribution is -0.130. The lowest BCUT2D eigenvalue weighted by atomic mass is 10.2. The Morgan fingerprint density at radius 2 is 2.04 bits per heavy atom. The van der Waals surface area contributed by atoms with Crippen LogP contribution in [0.2, 0.25) is 0 Å². The molecule has 0 saturated carbocycles. The highest BCUT2D eigenvalue weighted by atomic mass is 79.9. The lowest BCUT2D eigenvalue weighted by Crippen LogP contribution is -2.49. The second-order valence-corrected chi connectivity index (χ2v) is 7.80. The van der Waals surface area contributed by atoms with E-state index in [2.05, 4.69) is 37.2 Å². The summed E-state index contributed by atoms with van der Waals surface area (Å²) in [5.74, 6) is 1.04. The topological polar surface area (TPSA) is 57.7 Å². The zero-order valence-corrected chi connectivity index (χ0v) is 17.8. The molecule has 0 unspecified atom stereocenters. The van der Waals surface area contributed by atoms with Gasteiger partial charge in [0.2, 0.25) is 5.91 Å². The van der Waals surface area contributed by atoms with Gasteiger partial charge in [0.05, 0.1) is 5.69 Å². The third-order valence-electron chi connectivity index (χ3n) is 4.86. The summed E-state index contributed by atoms with van der Waals surface area (Å²) >= 11 is 3.55. The molecule has 1 aromatic heterocycles. The molecule has 2 heterocycles. The van der Waals surface area contributed by atoms with Gasteiger partial charge in [0.25, 0.3) is 0 Å². The van der Waals surface area contributed by atoms with Gasteiger partial charge in [-0.1, -0.05) is 22.0 Å². The van der Waals surface area contributed by atoms with E-state index in [9.17, 15) is 4.79 Å². The number of halogens is 1. The van der Waals surface area contributed by atoms with Gasteiger partial charge in [0, 0.05) is 69.0 Å². The number of ether oxygens (including phenoxy) is 1. The van der Waals surface area contributed by atoms with Gasteiger partial charge in [-0.3, -0.25) is 14.7 Å². The van der Waals surface area contributed by atoms with Crippen LogP contribution in [0.3, 0.4) is 0 Å². The van der Waals surface area contributed by atoms with Crippen molar-refractivity contribution >= 4 is 21.8 Å². The number of benzene rings is 1. The molecule has 1 saturated heterocycles. The number of pyridine rings is 1. The van der Waals surface area contributed by atoms with Gasteiger partial charge in [-0.05, 0) is 30.3 Å². The molecule has 1 amide bonds. The Morgan fingerprint density at radius 1 is 1.21 bits per heavy atom. The predicted octanol–water partition coefficient (Wildman–Crippen LogP) is 2.68. The summed E-state index contributed by atoms with van der Waals surface area (Å²) in [6, 6.07) is 11.9. The fraction of sp³-hybridized carbons (Fsp3) is 0.429. The molecule has 0 spiro atoms. The maximum Gasteiger partial charge on any atom is 0.219 e. The first-order valence-corrected chi connectivity index (χ1v) is 10.4.